The maximum atomic E-state index is 12.1. The van der Waals surface area contributed by atoms with Gasteiger partial charge in [-0.15, -0.1) is 0 Å². The molecule has 122 valence electrons. The molecule has 0 amide bonds. The molecule has 0 aromatic carbocycles. The van der Waals surface area contributed by atoms with Crippen molar-refractivity contribution in [3.63, 3.8) is 0 Å². The maximum absolute atomic E-state index is 12.1. The van der Waals surface area contributed by atoms with Crippen molar-refractivity contribution in [2.45, 2.75) is 72.3 Å². The van der Waals surface area contributed by atoms with Gasteiger partial charge in [0, 0.05) is 11.5 Å². The first-order chi connectivity index (χ1) is 10.5. The van der Waals surface area contributed by atoms with Crippen molar-refractivity contribution in [1.29, 1.82) is 0 Å². The third kappa shape index (κ3) is 4.59. The zero-order valence-corrected chi connectivity index (χ0v) is 14.5. The van der Waals surface area contributed by atoms with E-state index in [4.69, 9.17) is 4.74 Å². The van der Waals surface area contributed by atoms with Crippen LogP contribution in [0.25, 0.3) is 0 Å². The van der Waals surface area contributed by atoms with Gasteiger partial charge >= 0.3 is 5.97 Å². The molecule has 0 aromatic heterocycles. The molecule has 2 aliphatic rings. The van der Waals surface area contributed by atoms with Crippen LogP contribution in [0.5, 0.6) is 0 Å². The van der Waals surface area contributed by atoms with Gasteiger partial charge in [-0.3, -0.25) is 0 Å². The van der Waals surface area contributed by atoms with Crippen LogP contribution >= 0.6 is 0 Å². The van der Waals surface area contributed by atoms with E-state index < -0.39 is 0 Å². The van der Waals surface area contributed by atoms with Crippen molar-refractivity contribution < 1.29 is 9.53 Å². The van der Waals surface area contributed by atoms with Crippen LogP contribution in [0, 0.1) is 11.8 Å². The van der Waals surface area contributed by atoms with Crippen LogP contribution in [0.4, 0.5) is 0 Å². The van der Waals surface area contributed by atoms with E-state index in [1.807, 2.05) is 0 Å². The third-order valence-corrected chi connectivity index (χ3v) is 4.96. The number of carbonyl (C=O) groups excluding carboxylic acids is 1. The molecule has 0 fully saturated rings. The largest absolute Gasteiger partial charge is 0.454 e. The maximum Gasteiger partial charge on any atom is 0.334 e. The normalized spacial score (nSPS) is 32.4. The number of allylic oxidation sites excluding steroid dienone is 4. The highest BCUT2D eigenvalue weighted by Gasteiger charge is 2.32. The van der Waals surface area contributed by atoms with Crippen molar-refractivity contribution in [3.05, 3.63) is 34.9 Å². The third-order valence-electron chi connectivity index (χ3n) is 4.96. The number of esters is 1. The minimum absolute atomic E-state index is 0.0247. The molecule has 2 atom stereocenters. The number of carbonyl (C=O) groups is 1. The lowest BCUT2D eigenvalue weighted by Gasteiger charge is -2.25. The molecule has 0 aromatic rings. The Morgan fingerprint density at radius 2 is 1.68 bits per heavy atom. The minimum atomic E-state index is -0.0937. The van der Waals surface area contributed by atoms with Crippen LogP contribution in [0.1, 0.15) is 66.2 Å². The summed E-state index contributed by atoms with van der Waals surface area (Å²) in [5.41, 5.74) is 3.76. The van der Waals surface area contributed by atoms with Gasteiger partial charge in [-0.25, -0.2) is 4.79 Å². The predicted molar refractivity (Wildman–Crippen MR) is 91.5 cm³/mol. The fourth-order valence-electron chi connectivity index (χ4n) is 3.39. The highest BCUT2D eigenvalue weighted by Crippen LogP contribution is 2.32. The molecule has 0 saturated heterocycles. The molecule has 0 unspecified atom stereocenters. The number of fused-ring (bicyclic) bond motifs is 1. The monoisotopic (exact) mass is 302 g/mol. The van der Waals surface area contributed by atoms with Gasteiger partial charge in [-0.1, -0.05) is 37.1 Å². The number of ether oxygens (including phenoxy) is 1. The van der Waals surface area contributed by atoms with Gasteiger partial charge in [0.05, 0.1) is 0 Å². The molecule has 2 rings (SSSR count). The van der Waals surface area contributed by atoms with Gasteiger partial charge < -0.3 is 4.74 Å². The highest BCUT2D eigenvalue weighted by atomic mass is 16.5. The number of rotatable bonds is 1. The van der Waals surface area contributed by atoms with E-state index in [9.17, 15) is 4.79 Å². The fraction of sp³-hybridized carbons (Fsp3) is 0.650. The van der Waals surface area contributed by atoms with E-state index in [1.54, 1.807) is 0 Å². The second-order valence-corrected chi connectivity index (χ2v) is 7.19. The Morgan fingerprint density at radius 1 is 1.05 bits per heavy atom. The van der Waals surface area contributed by atoms with Crippen molar-refractivity contribution in [3.8, 4) is 0 Å². The summed E-state index contributed by atoms with van der Waals surface area (Å²) >= 11 is 0. The van der Waals surface area contributed by atoms with Gasteiger partial charge in [0.25, 0.3) is 0 Å². The van der Waals surface area contributed by atoms with Crippen LogP contribution < -0.4 is 0 Å². The fourth-order valence-corrected chi connectivity index (χ4v) is 3.39. The van der Waals surface area contributed by atoms with Crippen LogP contribution in [-0.2, 0) is 9.53 Å². The van der Waals surface area contributed by atoms with Gasteiger partial charge in [0.1, 0.15) is 6.10 Å². The lowest BCUT2D eigenvalue weighted by atomic mass is 9.84. The Morgan fingerprint density at radius 3 is 2.36 bits per heavy atom. The molecule has 1 aliphatic heterocycles. The van der Waals surface area contributed by atoms with Crippen LogP contribution in [-0.4, -0.2) is 12.1 Å². The summed E-state index contributed by atoms with van der Waals surface area (Å²) < 4.78 is 5.66. The van der Waals surface area contributed by atoms with Crippen molar-refractivity contribution in [2.24, 2.45) is 11.8 Å². The summed E-state index contributed by atoms with van der Waals surface area (Å²) in [6, 6.07) is 0. The molecule has 1 aliphatic carbocycles. The molecule has 2 heteroatoms. The lowest BCUT2D eigenvalue weighted by Crippen LogP contribution is -2.25. The summed E-state index contributed by atoms with van der Waals surface area (Å²) in [5, 5.41) is 0. The average molecular weight is 302 g/mol. The second kappa shape index (κ2) is 7.80. The highest BCUT2D eigenvalue weighted by molar-refractivity contribution is 5.90. The Bertz CT molecular complexity index is 494. The summed E-state index contributed by atoms with van der Waals surface area (Å²) in [5.74, 6) is 0.852. The van der Waals surface area contributed by atoms with E-state index >= 15 is 0 Å². The van der Waals surface area contributed by atoms with Gasteiger partial charge in [0.15, 0.2) is 0 Å². The number of hydrogen-bond acceptors (Lipinski definition) is 2. The first kappa shape index (κ1) is 17.1. The van der Waals surface area contributed by atoms with Gasteiger partial charge in [0.2, 0.25) is 0 Å². The first-order valence-electron chi connectivity index (χ1n) is 8.70. The summed E-state index contributed by atoms with van der Waals surface area (Å²) in [7, 11) is 0. The molecule has 22 heavy (non-hydrogen) atoms. The zero-order chi connectivity index (χ0) is 16.1. The van der Waals surface area contributed by atoms with Crippen LogP contribution in [0.15, 0.2) is 34.9 Å². The Balaban J connectivity index is 2.19. The van der Waals surface area contributed by atoms with Crippen molar-refractivity contribution in [2.75, 3.05) is 0 Å². The van der Waals surface area contributed by atoms with E-state index in [0.717, 1.165) is 44.1 Å². The number of hydrogen-bond donors (Lipinski definition) is 0. The molecule has 1 heterocycles. The van der Waals surface area contributed by atoms with E-state index in [2.05, 4.69) is 45.9 Å². The van der Waals surface area contributed by atoms with E-state index in [1.165, 1.54) is 11.1 Å². The Kier molecular flexibility index (Phi) is 6.05. The molecule has 0 saturated carbocycles. The second-order valence-electron chi connectivity index (χ2n) is 7.19. The predicted octanol–water partition coefficient (Wildman–Crippen LogP) is 5.36. The smallest absolute Gasteiger partial charge is 0.334 e. The summed E-state index contributed by atoms with van der Waals surface area (Å²) in [4.78, 5) is 12.1. The standard InChI is InChI=1S/C20H30O2/c1-14(2)18-12-11-16(4)8-5-7-15(3)9-6-10-17-13-19(18)22-20(17)21/h8-9,13-14,18-19H,5-7,10-12H2,1-4H3/b15-9+,16-8+/t18-,19+/m0/s1. The minimum Gasteiger partial charge on any atom is -0.454 e. The van der Waals surface area contributed by atoms with Crippen LogP contribution in [0.2, 0.25) is 0 Å². The Labute approximate surface area is 135 Å². The SMILES string of the molecule is C/C1=C\CCC2=C[C@@H](OC2=O)[C@H](C(C)C)CC/C(C)=C/CC1. The van der Waals surface area contributed by atoms with Crippen molar-refractivity contribution >= 4 is 5.97 Å². The molecular formula is C20H30O2. The quantitative estimate of drug-likeness (QED) is 0.481. The van der Waals surface area contributed by atoms with Crippen LogP contribution in [0.3, 0.4) is 0 Å². The van der Waals surface area contributed by atoms with Gasteiger partial charge in [-0.05, 0) is 64.4 Å². The van der Waals surface area contributed by atoms with E-state index in [0.29, 0.717) is 11.8 Å². The first-order valence-corrected chi connectivity index (χ1v) is 8.70. The van der Waals surface area contributed by atoms with Gasteiger partial charge in [-0.2, -0.15) is 0 Å². The average Bonchev–Trinajstić information content (AvgIpc) is 2.79. The molecule has 2 nitrogen and oxygen atoms in total. The van der Waals surface area contributed by atoms with Crippen molar-refractivity contribution in [1.82, 2.24) is 0 Å². The summed E-state index contributed by atoms with van der Waals surface area (Å²) in [6.07, 6.45) is 12.9. The van der Waals surface area contributed by atoms with E-state index in [-0.39, 0.29) is 12.1 Å². The lowest BCUT2D eigenvalue weighted by molar-refractivity contribution is -0.142. The molecule has 0 spiro atoms. The molecule has 2 bridgehead atoms. The topological polar surface area (TPSA) is 26.3 Å². The summed E-state index contributed by atoms with van der Waals surface area (Å²) in [6.45, 7) is 8.88. The zero-order valence-electron chi connectivity index (χ0n) is 14.5. The molecule has 0 N–H and O–H groups in total. The molecule has 0 radical (unpaired) electrons. The Hall–Kier alpha value is -1.31. The molecular weight excluding hydrogens is 272 g/mol.